The minimum Gasteiger partial charge on any atom is -0.497 e. The third kappa shape index (κ3) is 4.85. The minimum absolute atomic E-state index is 0.344. The molecule has 0 unspecified atom stereocenters. The molecule has 1 heterocycles. The second-order valence-electron chi connectivity index (χ2n) is 7.18. The second kappa shape index (κ2) is 9.16. The van der Waals surface area contributed by atoms with Crippen LogP contribution in [0.25, 0.3) is 10.9 Å². The van der Waals surface area contributed by atoms with E-state index in [1.54, 1.807) is 30.7 Å². The van der Waals surface area contributed by atoms with Gasteiger partial charge in [-0.1, -0.05) is 24.3 Å². The standard InChI is InChI=1S/C24H21F3N2O2S/c1-30-19-9-5-17(6-10-19)15-32-20-11-12-22-21(13-20)23(31-2)28-29(22)14-16-3-7-18(8-4-16)24(25,26)27/h3-13H,14-15H2,1-2H3. The molecule has 0 saturated carbocycles. The Labute approximate surface area is 188 Å². The molecule has 4 rings (SSSR count). The van der Waals surface area contributed by atoms with Gasteiger partial charge < -0.3 is 9.47 Å². The van der Waals surface area contributed by atoms with Crippen LogP contribution in [0.15, 0.2) is 71.6 Å². The van der Waals surface area contributed by atoms with Crippen molar-refractivity contribution < 1.29 is 22.6 Å². The summed E-state index contributed by atoms with van der Waals surface area (Å²) in [6.07, 6.45) is -4.35. The summed E-state index contributed by atoms with van der Waals surface area (Å²) in [5.74, 6) is 2.11. The maximum absolute atomic E-state index is 12.8. The van der Waals surface area contributed by atoms with Crippen molar-refractivity contribution >= 4 is 22.7 Å². The summed E-state index contributed by atoms with van der Waals surface area (Å²) in [6, 6.07) is 19.1. The zero-order chi connectivity index (χ0) is 22.7. The Kier molecular flexibility index (Phi) is 6.32. The van der Waals surface area contributed by atoms with Gasteiger partial charge in [-0.05, 0) is 53.6 Å². The largest absolute Gasteiger partial charge is 0.497 e. The van der Waals surface area contributed by atoms with E-state index in [1.807, 2.05) is 42.5 Å². The van der Waals surface area contributed by atoms with Crippen LogP contribution in [0.1, 0.15) is 16.7 Å². The predicted octanol–water partition coefficient (Wildman–Crippen LogP) is 6.41. The summed E-state index contributed by atoms with van der Waals surface area (Å²) in [4.78, 5) is 1.07. The van der Waals surface area contributed by atoms with Gasteiger partial charge in [-0.15, -0.1) is 16.9 Å². The molecule has 0 aliphatic rings. The van der Waals surface area contributed by atoms with Crippen LogP contribution in [-0.4, -0.2) is 24.0 Å². The second-order valence-corrected chi connectivity index (χ2v) is 8.23. The van der Waals surface area contributed by atoms with Gasteiger partial charge in [0, 0.05) is 10.6 Å². The third-order valence-electron chi connectivity index (χ3n) is 5.06. The van der Waals surface area contributed by atoms with E-state index in [9.17, 15) is 13.2 Å². The Morgan fingerprint density at radius 1 is 0.875 bits per heavy atom. The summed E-state index contributed by atoms with van der Waals surface area (Å²) in [7, 11) is 3.20. The van der Waals surface area contributed by atoms with Crippen molar-refractivity contribution in [3.8, 4) is 11.6 Å². The lowest BCUT2D eigenvalue weighted by Crippen LogP contribution is -2.06. The smallest absolute Gasteiger partial charge is 0.416 e. The quantitative estimate of drug-likeness (QED) is 0.300. The summed E-state index contributed by atoms with van der Waals surface area (Å²) >= 11 is 1.70. The number of thioether (sulfide) groups is 1. The monoisotopic (exact) mass is 458 g/mol. The lowest BCUT2D eigenvalue weighted by atomic mass is 10.1. The van der Waals surface area contributed by atoms with Crippen molar-refractivity contribution in [1.29, 1.82) is 0 Å². The molecule has 0 amide bonds. The highest BCUT2D eigenvalue weighted by atomic mass is 32.2. The van der Waals surface area contributed by atoms with Crippen LogP contribution in [-0.2, 0) is 18.5 Å². The van der Waals surface area contributed by atoms with E-state index in [-0.39, 0.29) is 0 Å². The van der Waals surface area contributed by atoms with Crippen LogP contribution < -0.4 is 9.47 Å². The Balaban J connectivity index is 1.53. The number of ether oxygens (including phenoxy) is 2. The first-order valence-electron chi connectivity index (χ1n) is 9.84. The molecule has 0 aliphatic carbocycles. The molecule has 0 bridgehead atoms. The first-order valence-corrected chi connectivity index (χ1v) is 10.8. The maximum Gasteiger partial charge on any atom is 0.416 e. The van der Waals surface area contributed by atoms with E-state index in [2.05, 4.69) is 5.10 Å². The lowest BCUT2D eigenvalue weighted by Gasteiger charge is -2.08. The maximum atomic E-state index is 12.8. The van der Waals surface area contributed by atoms with Crippen molar-refractivity contribution in [3.05, 3.63) is 83.4 Å². The highest BCUT2D eigenvalue weighted by molar-refractivity contribution is 7.98. The van der Waals surface area contributed by atoms with E-state index in [1.165, 1.54) is 17.7 Å². The average molecular weight is 459 g/mol. The summed E-state index contributed by atoms with van der Waals surface area (Å²) in [6.45, 7) is 0.344. The van der Waals surface area contributed by atoms with Gasteiger partial charge in [0.15, 0.2) is 0 Å². The third-order valence-corrected chi connectivity index (χ3v) is 6.12. The van der Waals surface area contributed by atoms with Crippen molar-refractivity contribution in [2.45, 2.75) is 23.4 Å². The summed E-state index contributed by atoms with van der Waals surface area (Å²) in [5.41, 5.74) is 2.10. The first-order chi connectivity index (χ1) is 15.4. The number of alkyl halides is 3. The van der Waals surface area contributed by atoms with Gasteiger partial charge in [-0.2, -0.15) is 13.2 Å². The number of methoxy groups -OCH3 is 2. The number of rotatable bonds is 7. The van der Waals surface area contributed by atoms with Crippen LogP contribution in [0.4, 0.5) is 13.2 Å². The van der Waals surface area contributed by atoms with Gasteiger partial charge in [0.25, 0.3) is 0 Å². The number of hydrogen-bond donors (Lipinski definition) is 0. The van der Waals surface area contributed by atoms with E-state index >= 15 is 0 Å². The van der Waals surface area contributed by atoms with Gasteiger partial charge in [0.05, 0.1) is 37.2 Å². The molecular weight excluding hydrogens is 437 g/mol. The van der Waals surface area contributed by atoms with Crippen molar-refractivity contribution in [1.82, 2.24) is 9.78 Å². The van der Waals surface area contributed by atoms with Crippen LogP contribution >= 0.6 is 11.8 Å². The number of fused-ring (bicyclic) bond motifs is 1. The molecule has 32 heavy (non-hydrogen) atoms. The fourth-order valence-electron chi connectivity index (χ4n) is 3.35. The first kappa shape index (κ1) is 22.1. The van der Waals surface area contributed by atoms with Crippen LogP contribution in [0.5, 0.6) is 11.6 Å². The Morgan fingerprint density at radius 3 is 2.19 bits per heavy atom. The SMILES string of the molecule is COc1ccc(CSc2ccc3c(c2)c(OC)nn3Cc2ccc(C(F)(F)F)cc2)cc1. The molecular formula is C24H21F3N2O2S. The van der Waals surface area contributed by atoms with Gasteiger partial charge >= 0.3 is 6.18 Å². The van der Waals surface area contributed by atoms with Gasteiger partial charge in [0.1, 0.15) is 5.75 Å². The van der Waals surface area contributed by atoms with Crippen LogP contribution in [0.3, 0.4) is 0 Å². The Hall–Kier alpha value is -3.13. The van der Waals surface area contributed by atoms with Gasteiger partial charge in [0.2, 0.25) is 5.88 Å². The molecule has 0 aliphatic heterocycles. The van der Waals surface area contributed by atoms with Crippen LogP contribution in [0, 0.1) is 0 Å². The predicted molar refractivity (Wildman–Crippen MR) is 119 cm³/mol. The van der Waals surface area contributed by atoms with E-state index in [0.29, 0.717) is 12.4 Å². The van der Waals surface area contributed by atoms with Crippen molar-refractivity contribution in [2.75, 3.05) is 14.2 Å². The van der Waals surface area contributed by atoms with E-state index < -0.39 is 11.7 Å². The highest BCUT2D eigenvalue weighted by Gasteiger charge is 2.29. The fraction of sp³-hybridized carbons (Fsp3) is 0.208. The fourth-order valence-corrected chi connectivity index (χ4v) is 4.24. The molecule has 0 atom stereocenters. The molecule has 0 spiro atoms. The zero-order valence-electron chi connectivity index (χ0n) is 17.5. The summed E-state index contributed by atoms with van der Waals surface area (Å²) < 4.78 is 50.8. The minimum atomic E-state index is -4.35. The van der Waals surface area contributed by atoms with Gasteiger partial charge in [-0.3, -0.25) is 4.68 Å². The molecule has 0 fully saturated rings. The Bertz CT molecular complexity index is 1200. The zero-order valence-corrected chi connectivity index (χ0v) is 18.3. The molecule has 0 radical (unpaired) electrons. The van der Waals surface area contributed by atoms with Crippen LogP contribution in [0.2, 0.25) is 0 Å². The molecule has 1 aromatic heterocycles. The molecule has 0 saturated heterocycles. The number of nitrogens with zero attached hydrogens (tertiary/aromatic N) is 2. The number of hydrogen-bond acceptors (Lipinski definition) is 4. The normalized spacial score (nSPS) is 11.7. The van der Waals surface area contributed by atoms with E-state index in [0.717, 1.165) is 45.0 Å². The van der Waals surface area contributed by atoms with E-state index in [4.69, 9.17) is 9.47 Å². The number of halogens is 3. The lowest BCUT2D eigenvalue weighted by molar-refractivity contribution is -0.137. The highest BCUT2D eigenvalue weighted by Crippen LogP contribution is 2.33. The summed E-state index contributed by atoms with van der Waals surface area (Å²) in [5, 5.41) is 5.36. The molecule has 8 heteroatoms. The average Bonchev–Trinajstić information content (AvgIpc) is 3.14. The number of benzene rings is 3. The number of aromatic nitrogens is 2. The Morgan fingerprint density at radius 2 is 1.56 bits per heavy atom. The molecule has 0 N–H and O–H groups in total. The van der Waals surface area contributed by atoms with Crippen molar-refractivity contribution in [2.24, 2.45) is 0 Å². The topological polar surface area (TPSA) is 36.3 Å². The van der Waals surface area contributed by atoms with Gasteiger partial charge in [-0.25, -0.2) is 0 Å². The molecule has 4 nitrogen and oxygen atoms in total. The molecule has 166 valence electrons. The molecule has 3 aromatic carbocycles. The molecule has 4 aromatic rings. The van der Waals surface area contributed by atoms with Crippen molar-refractivity contribution in [3.63, 3.8) is 0 Å².